The minimum Gasteiger partial charge on any atom is -0.339 e. The van der Waals surface area contributed by atoms with E-state index in [1.54, 1.807) is 0 Å². The molecule has 0 spiro atoms. The average Bonchev–Trinajstić information content (AvgIpc) is 2.78. The predicted molar refractivity (Wildman–Crippen MR) is 70.0 cm³/mol. The Hall–Kier alpha value is -0.940. The van der Waals surface area contributed by atoms with Crippen molar-refractivity contribution in [2.24, 2.45) is 5.73 Å². The molecule has 1 aromatic rings. The predicted octanol–water partition coefficient (Wildman–Crippen LogP) is 1.72. The van der Waals surface area contributed by atoms with E-state index in [1.807, 2.05) is 0 Å². The van der Waals surface area contributed by atoms with E-state index in [9.17, 15) is 0 Å². The molecular weight excluding hydrogens is 228 g/mol. The van der Waals surface area contributed by atoms with Crippen molar-refractivity contribution in [2.45, 2.75) is 64.1 Å². The Morgan fingerprint density at radius 3 is 2.72 bits per heavy atom. The lowest BCUT2D eigenvalue weighted by atomic mass is 9.91. The highest BCUT2D eigenvalue weighted by molar-refractivity contribution is 4.88. The fraction of sp³-hybridized carbons (Fsp3) is 0.846. The van der Waals surface area contributed by atoms with Crippen LogP contribution >= 0.6 is 0 Å². The van der Waals surface area contributed by atoms with Crippen LogP contribution < -0.4 is 5.73 Å². The summed E-state index contributed by atoms with van der Waals surface area (Å²) in [6.07, 6.45) is 6.52. The van der Waals surface area contributed by atoms with Crippen molar-refractivity contribution in [1.29, 1.82) is 0 Å². The molecular formula is C13H24N4O. The quantitative estimate of drug-likeness (QED) is 0.864. The van der Waals surface area contributed by atoms with Crippen LogP contribution in [0.15, 0.2) is 4.52 Å². The Morgan fingerprint density at radius 2 is 2.06 bits per heavy atom. The molecule has 2 N–H and O–H groups in total. The summed E-state index contributed by atoms with van der Waals surface area (Å²) in [5.74, 6) is 1.56. The van der Waals surface area contributed by atoms with Gasteiger partial charge < -0.3 is 10.3 Å². The molecule has 1 heterocycles. The van der Waals surface area contributed by atoms with Crippen molar-refractivity contribution in [3.8, 4) is 0 Å². The van der Waals surface area contributed by atoms with Crippen molar-refractivity contribution < 1.29 is 4.52 Å². The Morgan fingerprint density at radius 1 is 1.33 bits per heavy atom. The second-order valence-corrected chi connectivity index (χ2v) is 5.34. The summed E-state index contributed by atoms with van der Waals surface area (Å²) >= 11 is 0. The van der Waals surface area contributed by atoms with E-state index in [1.165, 1.54) is 12.8 Å². The van der Waals surface area contributed by atoms with Gasteiger partial charge in [0.15, 0.2) is 5.82 Å². The molecule has 0 atom stereocenters. The summed E-state index contributed by atoms with van der Waals surface area (Å²) < 4.78 is 5.20. The van der Waals surface area contributed by atoms with Gasteiger partial charge in [0.1, 0.15) is 0 Å². The minimum absolute atomic E-state index is 0.399. The number of hydrogen-bond acceptors (Lipinski definition) is 5. The van der Waals surface area contributed by atoms with Gasteiger partial charge >= 0.3 is 0 Å². The van der Waals surface area contributed by atoms with E-state index in [0.29, 0.717) is 12.1 Å². The lowest BCUT2D eigenvalue weighted by Crippen LogP contribution is -2.38. The molecule has 1 aliphatic rings. The summed E-state index contributed by atoms with van der Waals surface area (Å²) in [7, 11) is 2.14. The standard InChI is InChI=1S/C13H24N4O/c1-3-4-13-15-12(16-18-13)9-17(2)11-7-5-10(14)6-8-11/h10-11H,3-9,14H2,1-2H3. The van der Waals surface area contributed by atoms with Crippen LogP contribution in [0.3, 0.4) is 0 Å². The lowest BCUT2D eigenvalue weighted by Gasteiger charge is -2.32. The number of nitrogens with two attached hydrogens (primary N) is 1. The van der Waals surface area contributed by atoms with Crippen LogP contribution in [0.1, 0.15) is 50.7 Å². The fourth-order valence-electron chi connectivity index (χ4n) is 2.56. The molecule has 5 nitrogen and oxygen atoms in total. The van der Waals surface area contributed by atoms with E-state index in [-0.39, 0.29) is 0 Å². The zero-order valence-electron chi connectivity index (χ0n) is 11.4. The maximum absolute atomic E-state index is 5.93. The zero-order valence-corrected chi connectivity index (χ0v) is 11.4. The number of aryl methyl sites for hydroxylation is 1. The number of hydrogen-bond donors (Lipinski definition) is 1. The monoisotopic (exact) mass is 252 g/mol. The highest BCUT2D eigenvalue weighted by Crippen LogP contribution is 2.22. The van der Waals surface area contributed by atoms with Gasteiger partial charge in [-0.1, -0.05) is 12.1 Å². The van der Waals surface area contributed by atoms with Crippen LogP contribution in [-0.4, -0.2) is 34.2 Å². The molecule has 0 unspecified atom stereocenters. The molecule has 2 rings (SSSR count). The van der Waals surface area contributed by atoms with E-state index in [2.05, 4.69) is 29.0 Å². The van der Waals surface area contributed by atoms with Crippen LogP contribution in [-0.2, 0) is 13.0 Å². The highest BCUT2D eigenvalue weighted by Gasteiger charge is 2.22. The van der Waals surface area contributed by atoms with Crippen LogP contribution in [0.5, 0.6) is 0 Å². The van der Waals surface area contributed by atoms with Gasteiger partial charge in [-0.15, -0.1) is 0 Å². The molecule has 0 saturated heterocycles. The van der Waals surface area contributed by atoms with Crippen LogP contribution in [0.4, 0.5) is 0 Å². The van der Waals surface area contributed by atoms with Crippen molar-refractivity contribution >= 4 is 0 Å². The average molecular weight is 252 g/mol. The first-order valence-corrected chi connectivity index (χ1v) is 6.96. The second kappa shape index (κ2) is 6.29. The molecule has 0 aromatic carbocycles. The van der Waals surface area contributed by atoms with Gasteiger partial charge in [0.05, 0.1) is 6.54 Å². The maximum Gasteiger partial charge on any atom is 0.226 e. The van der Waals surface area contributed by atoms with E-state index in [0.717, 1.165) is 43.9 Å². The lowest BCUT2D eigenvalue weighted by molar-refractivity contribution is 0.171. The molecule has 0 radical (unpaired) electrons. The third-order valence-electron chi connectivity index (χ3n) is 3.73. The molecule has 1 aliphatic carbocycles. The largest absolute Gasteiger partial charge is 0.339 e. The summed E-state index contributed by atoms with van der Waals surface area (Å²) in [5, 5.41) is 4.03. The normalized spacial score (nSPS) is 24.7. The molecule has 0 amide bonds. The second-order valence-electron chi connectivity index (χ2n) is 5.34. The van der Waals surface area contributed by atoms with E-state index < -0.39 is 0 Å². The van der Waals surface area contributed by atoms with Gasteiger partial charge in [-0.2, -0.15) is 4.98 Å². The van der Waals surface area contributed by atoms with Gasteiger partial charge in [0.25, 0.3) is 0 Å². The fourth-order valence-corrected chi connectivity index (χ4v) is 2.56. The Kier molecular flexibility index (Phi) is 4.72. The third kappa shape index (κ3) is 3.53. The Bertz CT molecular complexity index is 358. The first-order chi connectivity index (χ1) is 8.69. The van der Waals surface area contributed by atoms with Crippen molar-refractivity contribution in [3.63, 3.8) is 0 Å². The topological polar surface area (TPSA) is 68.2 Å². The molecule has 5 heteroatoms. The third-order valence-corrected chi connectivity index (χ3v) is 3.73. The van der Waals surface area contributed by atoms with Gasteiger partial charge in [-0.25, -0.2) is 0 Å². The van der Waals surface area contributed by atoms with Crippen molar-refractivity contribution in [3.05, 3.63) is 11.7 Å². The summed E-state index contributed by atoms with van der Waals surface area (Å²) in [6, 6.07) is 1.01. The van der Waals surface area contributed by atoms with Gasteiger partial charge in [0, 0.05) is 18.5 Å². The number of rotatable bonds is 5. The smallest absolute Gasteiger partial charge is 0.226 e. The van der Waals surface area contributed by atoms with Crippen molar-refractivity contribution in [2.75, 3.05) is 7.05 Å². The number of aromatic nitrogens is 2. The SMILES string of the molecule is CCCc1nc(CN(C)C2CCC(N)CC2)no1. The Balaban J connectivity index is 1.84. The van der Waals surface area contributed by atoms with Crippen molar-refractivity contribution in [1.82, 2.24) is 15.0 Å². The van der Waals surface area contributed by atoms with E-state index in [4.69, 9.17) is 10.3 Å². The van der Waals surface area contributed by atoms with Crippen LogP contribution in [0, 0.1) is 0 Å². The van der Waals surface area contributed by atoms with Crippen LogP contribution in [0.25, 0.3) is 0 Å². The molecule has 1 aromatic heterocycles. The first-order valence-electron chi connectivity index (χ1n) is 6.96. The minimum atomic E-state index is 0.399. The summed E-state index contributed by atoms with van der Waals surface area (Å²) in [5.41, 5.74) is 5.93. The van der Waals surface area contributed by atoms with Crippen LogP contribution in [0.2, 0.25) is 0 Å². The molecule has 1 saturated carbocycles. The highest BCUT2D eigenvalue weighted by atomic mass is 16.5. The van der Waals surface area contributed by atoms with Gasteiger partial charge in [-0.3, -0.25) is 4.90 Å². The molecule has 0 bridgehead atoms. The number of nitrogens with zero attached hydrogens (tertiary/aromatic N) is 3. The molecule has 1 fully saturated rings. The summed E-state index contributed by atoms with van der Waals surface area (Å²) in [4.78, 5) is 6.73. The first kappa shape index (κ1) is 13.5. The molecule has 0 aliphatic heterocycles. The Labute approximate surface area is 109 Å². The summed E-state index contributed by atoms with van der Waals surface area (Å²) in [6.45, 7) is 2.88. The van der Waals surface area contributed by atoms with E-state index >= 15 is 0 Å². The van der Waals surface area contributed by atoms with Gasteiger partial charge in [0.2, 0.25) is 5.89 Å². The molecule has 18 heavy (non-hydrogen) atoms. The maximum atomic E-state index is 5.93. The van der Waals surface area contributed by atoms with Gasteiger partial charge in [-0.05, 0) is 39.2 Å². The zero-order chi connectivity index (χ0) is 13.0. The molecule has 102 valence electrons.